The zero-order chi connectivity index (χ0) is 39.3. The molecule has 3 unspecified atom stereocenters. The second kappa shape index (κ2) is 16.2. The minimum atomic E-state index is -1.16. The third-order valence-electron chi connectivity index (χ3n) is 14.5. The van der Waals surface area contributed by atoms with Gasteiger partial charge in [0.25, 0.3) is 0 Å². The fraction of sp³-hybridized carbons (Fsp3) is 0.905. The molecule has 0 aliphatic carbocycles. The molecule has 0 aromatic carbocycles. The van der Waals surface area contributed by atoms with Gasteiger partial charge in [-0.15, -0.1) is 0 Å². The molecule has 2 spiro atoms. The summed E-state index contributed by atoms with van der Waals surface area (Å²) in [4.78, 5) is 26.4. The van der Waals surface area contributed by atoms with E-state index in [0.29, 0.717) is 51.4 Å². The summed E-state index contributed by atoms with van der Waals surface area (Å²) < 4.78 is 33.8. The third kappa shape index (κ3) is 7.94. The minimum absolute atomic E-state index is 0.0449. The topological polar surface area (TPSA) is 167 Å². The SMILES string of the molecule is CCC(C(=O)[C@@H](C)[C@@H](O)[C@H](C)[C@@H]1O[C@@H](C(CC)C(=O)O)CC[C@@H]1C)[C@H]1O[C@]2(C=C[C@@H](N)[C@]3(CC[C@@](C)([C@H]4CCC(O)(CC)[C@H](C)O4)O3)O2)[C@H](C)C[C@@H]1C. The van der Waals surface area contributed by atoms with E-state index < -0.39 is 70.9 Å². The molecule has 5 aliphatic heterocycles. The smallest absolute Gasteiger partial charge is 0.309 e. The van der Waals surface area contributed by atoms with E-state index in [1.807, 2.05) is 46.8 Å². The highest BCUT2D eigenvalue weighted by molar-refractivity contribution is 5.84. The second-order valence-electron chi connectivity index (χ2n) is 18.0. The Bertz CT molecular complexity index is 1330. The first-order valence-corrected chi connectivity index (χ1v) is 20.8. The third-order valence-corrected chi connectivity index (χ3v) is 14.5. The fourth-order valence-electron chi connectivity index (χ4n) is 10.5. The molecule has 5 aliphatic rings. The number of Topliss-reactive ketones (excluding diaryl/α,β-unsaturated/α-hetero) is 1. The summed E-state index contributed by atoms with van der Waals surface area (Å²) in [6, 6.07) is -0.538. The summed E-state index contributed by atoms with van der Waals surface area (Å²) in [5.41, 5.74) is 5.25. The number of aliphatic hydroxyl groups excluding tert-OH is 1. The number of rotatable bonds is 12. The molecule has 304 valence electrons. The van der Waals surface area contributed by atoms with E-state index in [1.54, 1.807) is 6.92 Å². The van der Waals surface area contributed by atoms with Gasteiger partial charge in [0.15, 0.2) is 11.6 Å². The van der Waals surface area contributed by atoms with Crippen LogP contribution in [-0.2, 0) is 33.3 Å². The van der Waals surface area contributed by atoms with Crippen LogP contribution in [-0.4, -0.2) is 92.5 Å². The Morgan fingerprint density at radius 2 is 1.58 bits per heavy atom. The Kier molecular flexibility index (Phi) is 13.0. The van der Waals surface area contributed by atoms with Crippen molar-refractivity contribution in [2.45, 2.75) is 199 Å². The lowest BCUT2D eigenvalue weighted by molar-refractivity contribution is -0.396. The van der Waals surface area contributed by atoms with E-state index in [0.717, 1.165) is 12.8 Å². The molecule has 18 atom stereocenters. The maximum atomic E-state index is 14.5. The lowest BCUT2D eigenvalue weighted by Crippen LogP contribution is -2.64. The van der Waals surface area contributed by atoms with Crippen molar-refractivity contribution in [3.05, 3.63) is 12.2 Å². The zero-order valence-corrected chi connectivity index (χ0v) is 34.1. The number of ketones is 1. The van der Waals surface area contributed by atoms with Crippen molar-refractivity contribution < 1.29 is 48.6 Å². The number of carbonyl (C=O) groups is 2. The number of carboxylic acids is 1. The Balaban J connectivity index is 1.31. The minimum Gasteiger partial charge on any atom is -0.481 e. The predicted octanol–water partition coefficient (Wildman–Crippen LogP) is 6.15. The van der Waals surface area contributed by atoms with Gasteiger partial charge in [0.05, 0.1) is 59.8 Å². The fourth-order valence-corrected chi connectivity index (χ4v) is 10.5. The van der Waals surface area contributed by atoms with Crippen molar-refractivity contribution in [1.29, 1.82) is 0 Å². The first-order valence-electron chi connectivity index (χ1n) is 20.8. The van der Waals surface area contributed by atoms with Crippen LogP contribution in [0.2, 0.25) is 0 Å². The van der Waals surface area contributed by atoms with Crippen molar-refractivity contribution in [3.63, 3.8) is 0 Å². The first-order chi connectivity index (χ1) is 24.8. The van der Waals surface area contributed by atoms with Gasteiger partial charge in [-0.1, -0.05) is 61.5 Å². The quantitative estimate of drug-likeness (QED) is 0.169. The molecule has 0 amide bonds. The van der Waals surface area contributed by atoms with Gasteiger partial charge in [-0.25, -0.2) is 0 Å². The molecule has 4 fully saturated rings. The Morgan fingerprint density at radius 1 is 0.906 bits per heavy atom. The number of hydrogen-bond acceptors (Lipinski definition) is 10. The van der Waals surface area contributed by atoms with Gasteiger partial charge in [-0.2, -0.15) is 0 Å². The molecule has 11 heteroatoms. The van der Waals surface area contributed by atoms with Gasteiger partial charge < -0.3 is 44.7 Å². The number of carboxylic acid groups (broad SMARTS) is 1. The van der Waals surface area contributed by atoms with Crippen LogP contribution in [0.15, 0.2) is 12.2 Å². The van der Waals surface area contributed by atoms with E-state index in [1.165, 1.54) is 0 Å². The second-order valence-corrected chi connectivity index (χ2v) is 18.0. The highest BCUT2D eigenvalue weighted by atomic mass is 16.8. The molecule has 0 radical (unpaired) electrons. The number of ether oxygens (including phenoxy) is 5. The van der Waals surface area contributed by atoms with Crippen molar-refractivity contribution in [2.24, 2.45) is 47.2 Å². The Morgan fingerprint density at radius 3 is 2.19 bits per heavy atom. The zero-order valence-electron chi connectivity index (χ0n) is 34.1. The van der Waals surface area contributed by atoms with Gasteiger partial charge in [-0.05, 0) is 89.5 Å². The van der Waals surface area contributed by atoms with E-state index in [2.05, 4.69) is 27.7 Å². The van der Waals surface area contributed by atoms with Gasteiger partial charge in [-0.3, -0.25) is 9.59 Å². The van der Waals surface area contributed by atoms with Crippen molar-refractivity contribution in [3.8, 4) is 0 Å². The standard InChI is InChI=1S/C42H71NO10/c1-11-29(38(46)47)31-15-14-23(4)36(50-31)27(8)34(44)26(7)35(45)30(12-2)37-24(5)22-25(6)41(51-37)19-16-32(43)42(53-41)21-20-39(10,52-42)33-17-18-40(48,13-3)28(9)49-33/h16,19,23-34,36-37,44,48H,11-15,17-18,20-22,43H2,1-10H3,(H,46,47)/t23-,24-,25+,26-,27-,28-,29?,30?,31+,32+,33+,34+,36+,37-,39-,40?,41-,42-/m0/s1. The van der Waals surface area contributed by atoms with Crippen molar-refractivity contribution in [1.82, 2.24) is 0 Å². The molecule has 11 nitrogen and oxygen atoms in total. The van der Waals surface area contributed by atoms with Crippen molar-refractivity contribution in [2.75, 3.05) is 0 Å². The maximum Gasteiger partial charge on any atom is 0.309 e. The van der Waals surface area contributed by atoms with Gasteiger partial charge in [0, 0.05) is 30.1 Å². The maximum absolute atomic E-state index is 14.5. The summed E-state index contributed by atoms with van der Waals surface area (Å²) in [7, 11) is 0. The highest BCUT2D eigenvalue weighted by Crippen LogP contribution is 2.53. The number of carbonyl (C=O) groups excluding carboxylic acids is 1. The van der Waals surface area contributed by atoms with Gasteiger partial charge >= 0.3 is 5.97 Å². The molecule has 5 N–H and O–H groups in total. The summed E-state index contributed by atoms with van der Waals surface area (Å²) in [6.45, 7) is 19.8. The van der Waals surface area contributed by atoms with Crippen LogP contribution in [0.3, 0.4) is 0 Å². The molecule has 5 heterocycles. The van der Waals surface area contributed by atoms with Crippen molar-refractivity contribution >= 4 is 11.8 Å². The number of aliphatic hydroxyl groups is 2. The molecular weight excluding hydrogens is 678 g/mol. The van der Waals surface area contributed by atoms with Crippen LogP contribution in [0.25, 0.3) is 0 Å². The Hall–Kier alpha value is -1.44. The Labute approximate surface area is 318 Å². The van der Waals surface area contributed by atoms with Crippen LogP contribution in [0, 0.1) is 41.4 Å². The molecular formula is C42H71NO10. The molecule has 53 heavy (non-hydrogen) atoms. The van der Waals surface area contributed by atoms with E-state index in [9.17, 15) is 24.9 Å². The summed E-state index contributed by atoms with van der Waals surface area (Å²) in [5, 5.41) is 32.6. The lowest BCUT2D eigenvalue weighted by atomic mass is 9.72. The van der Waals surface area contributed by atoms with E-state index >= 15 is 0 Å². The summed E-state index contributed by atoms with van der Waals surface area (Å²) in [6.07, 6.45) is 7.44. The number of hydrogen-bond donors (Lipinski definition) is 4. The molecule has 0 saturated carbocycles. The molecule has 0 aromatic heterocycles. The predicted molar refractivity (Wildman–Crippen MR) is 201 cm³/mol. The van der Waals surface area contributed by atoms with Gasteiger partial charge in [0.1, 0.15) is 5.78 Å². The lowest BCUT2D eigenvalue weighted by Gasteiger charge is -2.54. The van der Waals surface area contributed by atoms with Crippen LogP contribution in [0.1, 0.15) is 133 Å². The monoisotopic (exact) mass is 750 g/mol. The van der Waals surface area contributed by atoms with E-state index in [-0.39, 0.29) is 47.8 Å². The van der Waals surface area contributed by atoms with Crippen LogP contribution >= 0.6 is 0 Å². The average Bonchev–Trinajstić information content (AvgIpc) is 3.47. The molecule has 0 bridgehead atoms. The normalized spacial score (nSPS) is 46.2. The summed E-state index contributed by atoms with van der Waals surface area (Å²) >= 11 is 0. The highest BCUT2D eigenvalue weighted by Gasteiger charge is 2.62. The number of aliphatic carboxylic acids is 1. The molecule has 0 aromatic rings. The van der Waals surface area contributed by atoms with Gasteiger partial charge in [0.2, 0.25) is 0 Å². The number of nitrogens with two attached hydrogens (primary N) is 1. The molecule has 4 saturated heterocycles. The van der Waals surface area contributed by atoms with Crippen LogP contribution in [0.4, 0.5) is 0 Å². The largest absolute Gasteiger partial charge is 0.481 e. The molecule has 5 rings (SSSR count). The summed E-state index contributed by atoms with van der Waals surface area (Å²) in [5.74, 6) is -5.28. The van der Waals surface area contributed by atoms with Crippen LogP contribution in [0.5, 0.6) is 0 Å². The first kappa shape index (κ1) is 42.7. The van der Waals surface area contributed by atoms with E-state index in [4.69, 9.17) is 29.4 Å². The van der Waals surface area contributed by atoms with Crippen LogP contribution < -0.4 is 5.73 Å². The average molecular weight is 750 g/mol.